The Bertz CT molecular complexity index is 275. The highest BCUT2D eigenvalue weighted by Crippen LogP contribution is 2.15. The van der Waals surface area contributed by atoms with Gasteiger partial charge in [0.2, 0.25) is 5.91 Å². The van der Waals surface area contributed by atoms with Crippen molar-refractivity contribution in [1.29, 1.82) is 0 Å². The number of rotatable bonds is 2. The first-order chi connectivity index (χ1) is 5.65. The number of alkyl halides is 1. The fourth-order valence-corrected chi connectivity index (χ4v) is 1.10. The molecule has 0 aliphatic heterocycles. The van der Waals surface area contributed by atoms with Gasteiger partial charge in [0, 0.05) is 0 Å². The van der Waals surface area contributed by atoms with Gasteiger partial charge in [-0.3, -0.25) is 9.89 Å². The summed E-state index contributed by atoms with van der Waals surface area (Å²) in [6.07, 6.45) is 0. The Morgan fingerprint density at radius 2 is 2.33 bits per heavy atom. The van der Waals surface area contributed by atoms with Gasteiger partial charge >= 0.3 is 0 Å². The highest BCUT2D eigenvalue weighted by molar-refractivity contribution is 14.1. The molecule has 0 bridgehead atoms. The number of amides is 1. The smallest absolute Gasteiger partial charge is 0.234 e. The van der Waals surface area contributed by atoms with Crippen molar-refractivity contribution < 1.29 is 4.79 Å². The monoisotopic (exact) mass is 279 g/mol. The standard InChI is InChI=1S/C7H10IN3O/c1-4-7(5(2)11-10-4)9-6(12)3-8/h3H2,1-2H3,(H,9,12)(H,10,11). The van der Waals surface area contributed by atoms with Crippen LogP contribution in [0.2, 0.25) is 0 Å². The third kappa shape index (κ3) is 1.96. The largest absolute Gasteiger partial charge is 0.322 e. The zero-order valence-electron chi connectivity index (χ0n) is 6.94. The number of nitrogens with zero attached hydrogens (tertiary/aromatic N) is 1. The second-order valence-electron chi connectivity index (χ2n) is 2.49. The minimum Gasteiger partial charge on any atom is -0.322 e. The number of aromatic amines is 1. The van der Waals surface area contributed by atoms with Crippen LogP contribution in [0, 0.1) is 13.8 Å². The molecule has 0 aliphatic rings. The maximum absolute atomic E-state index is 11.0. The van der Waals surface area contributed by atoms with E-state index in [9.17, 15) is 4.79 Å². The van der Waals surface area contributed by atoms with Crippen molar-refractivity contribution in [2.45, 2.75) is 13.8 Å². The summed E-state index contributed by atoms with van der Waals surface area (Å²) in [5.41, 5.74) is 2.52. The third-order valence-corrected chi connectivity index (χ3v) is 2.21. The second-order valence-corrected chi connectivity index (χ2v) is 3.25. The molecule has 0 fully saturated rings. The highest BCUT2D eigenvalue weighted by atomic mass is 127. The molecule has 1 heterocycles. The molecule has 66 valence electrons. The van der Waals surface area contributed by atoms with Gasteiger partial charge in [0.25, 0.3) is 0 Å². The van der Waals surface area contributed by atoms with Crippen LogP contribution in [-0.4, -0.2) is 20.5 Å². The molecule has 0 saturated carbocycles. The normalized spacial score (nSPS) is 9.92. The summed E-state index contributed by atoms with van der Waals surface area (Å²) >= 11 is 2.02. The molecule has 1 amide bonds. The summed E-state index contributed by atoms with van der Waals surface area (Å²) < 4.78 is 0.460. The van der Waals surface area contributed by atoms with Gasteiger partial charge in [-0.1, -0.05) is 22.6 Å². The van der Waals surface area contributed by atoms with Crippen LogP contribution in [0.15, 0.2) is 0 Å². The fraction of sp³-hybridized carbons (Fsp3) is 0.429. The number of halogens is 1. The topological polar surface area (TPSA) is 57.8 Å². The minimum absolute atomic E-state index is 0.00296. The maximum atomic E-state index is 11.0. The highest BCUT2D eigenvalue weighted by Gasteiger charge is 2.08. The molecule has 2 N–H and O–H groups in total. The van der Waals surface area contributed by atoms with Crippen LogP contribution < -0.4 is 5.32 Å². The zero-order chi connectivity index (χ0) is 9.14. The predicted octanol–water partition coefficient (Wildman–Crippen LogP) is 1.40. The lowest BCUT2D eigenvalue weighted by molar-refractivity contribution is -0.113. The van der Waals surface area contributed by atoms with Crippen molar-refractivity contribution in [1.82, 2.24) is 10.2 Å². The van der Waals surface area contributed by atoms with E-state index in [1.54, 1.807) is 0 Å². The van der Waals surface area contributed by atoms with Crippen molar-refractivity contribution >= 4 is 34.2 Å². The molecule has 0 aliphatic carbocycles. The van der Waals surface area contributed by atoms with Crippen molar-refractivity contribution in [3.63, 3.8) is 0 Å². The minimum atomic E-state index is 0.00296. The van der Waals surface area contributed by atoms with Crippen molar-refractivity contribution in [2.75, 3.05) is 9.74 Å². The maximum Gasteiger partial charge on any atom is 0.234 e. The van der Waals surface area contributed by atoms with Crippen molar-refractivity contribution in [3.8, 4) is 0 Å². The van der Waals surface area contributed by atoms with Crippen molar-refractivity contribution in [2.24, 2.45) is 0 Å². The van der Waals surface area contributed by atoms with Crippen LogP contribution in [0.25, 0.3) is 0 Å². The van der Waals surface area contributed by atoms with Gasteiger partial charge in [-0.25, -0.2) is 0 Å². The summed E-state index contributed by atoms with van der Waals surface area (Å²) in [5.74, 6) is 0.00296. The number of carbonyl (C=O) groups excluding carboxylic acids is 1. The number of aromatic nitrogens is 2. The Balaban J connectivity index is 2.80. The molecule has 0 spiro atoms. The van der Waals surface area contributed by atoms with E-state index in [-0.39, 0.29) is 5.91 Å². The molecule has 5 heteroatoms. The average Bonchev–Trinajstić information content (AvgIpc) is 2.35. The SMILES string of the molecule is Cc1n[nH]c(C)c1NC(=O)CI. The number of H-pyrrole nitrogens is 1. The van der Waals surface area contributed by atoms with Gasteiger partial charge in [0.15, 0.2) is 0 Å². The summed E-state index contributed by atoms with van der Waals surface area (Å²) in [4.78, 5) is 11.0. The van der Waals surface area contributed by atoms with Gasteiger partial charge in [-0.05, 0) is 13.8 Å². The first-order valence-corrected chi connectivity index (χ1v) is 5.05. The lowest BCUT2D eigenvalue weighted by atomic mass is 10.3. The van der Waals surface area contributed by atoms with Crippen LogP contribution in [0.5, 0.6) is 0 Å². The Kier molecular flexibility index (Phi) is 3.07. The van der Waals surface area contributed by atoms with Gasteiger partial charge in [-0.2, -0.15) is 5.10 Å². The van der Waals surface area contributed by atoms with E-state index >= 15 is 0 Å². The second kappa shape index (κ2) is 3.88. The van der Waals surface area contributed by atoms with Crippen LogP contribution in [0.4, 0.5) is 5.69 Å². The molecular weight excluding hydrogens is 269 g/mol. The van der Waals surface area contributed by atoms with E-state index in [1.807, 2.05) is 36.4 Å². The van der Waals surface area contributed by atoms with E-state index in [4.69, 9.17) is 0 Å². The van der Waals surface area contributed by atoms with Crippen molar-refractivity contribution in [3.05, 3.63) is 11.4 Å². The number of aryl methyl sites for hydroxylation is 2. The summed E-state index contributed by atoms with van der Waals surface area (Å²) in [5, 5.41) is 9.53. The van der Waals surface area contributed by atoms with E-state index < -0.39 is 0 Å². The van der Waals surface area contributed by atoms with Gasteiger partial charge in [0.1, 0.15) is 0 Å². The van der Waals surface area contributed by atoms with Gasteiger partial charge < -0.3 is 5.32 Å². The number of hydrogen-bond donors (Lipinski definition) is 2. The molecule has 0 aromatic carbocycles. The van der Waals surface area contributed by atoms with E-state index in [2.05, 4.69) is 15.5 Å². The molecule has 1 aromatic heterocycles. The molecule has 4 nitrogen and oxygen atoms in total. The Morgan fingerprint density at radius 3 is 2.75 bits per heavy atom. The summed E-state index contributed by atoms with van der Waals surface area (Å²) in [6, 6.07) is 0. The Morgan fingerprint density at radius 1 is 1.67 bits per heavy atom. The number of nitrogens with one attached hydrogen (secondary N) is 2. The van der Waals surface area contributed by atoms with E-state index in [1.165, 1.54) is 0 Å². The van der Waals surface area contributed by atoms with Gasteiger partial charge in [0.05, 0.1) is 21.5 Å². The van der Waals surface area contributed by atoms with Crippen LogP contribution in [0.3, 0.4) is 0 Å². The fourth-order valence-electron chi connectivity index (χ4n) is 0.908. The Labute approximate surface area is 84.3 Å². The Hall–Kier alpha value is -0.590. The molecule has 1 aromatic rings. The molecule has 0 unspecified atom stereocenters. The summed E-state index contributed by atoms with van der Waals surface area (Å²) in [6.45, 7) is 3.73. The van der Waals surface area contributed by atoms with Crippen LogP contribution in [-0.2, 0) is 4.79 Å². The lowest BCUT2D eigenvalue weighted by Gasteiger charge is -2.01. The summed E-state index contributed by atoms with van der Waals surface area (Å²) in [7, 11) is 0. The molecule has 1 rings (SSSR count). The number of hydrogen-bond acceptors (Lipinski definition) is 2. The quantitative estimate of drug-likeness (QED) is 0.635. The van der Waals surface area contributed by atoms with E-state index in [0.29, 0.717) is 4.43 Å². The zero-order valence-corrected chi connectivity index (χ0v) is 9.10. The first kappa shape index (κ1) is 9.50. The van der Waals surface area contributed by atoms with Crippen LogP contribution in [0.1, 0.15) is 11.4 Å². The number of carbonyl (C=O) groups is 1. The number of anilines is 1. The van der Waals surface area contributed by atoms with E-state index in [0.717, 1.165) is 17.1 Å². The van der Waals surface area contributed by atoms with Crippen LogP contribution >= 0.6 is 22.6 Å². The lowest BCUT2D eigenvalue weighted by Crippen LogP contribution is -2.13. The molecule has 0 saturated heterocycles. The van der Waals surface area contributed by atoms with Gasteiger partial charge in [-0.15, -0.1) is 0 Å². The average molecular weight is 279 g/mol. The third-order valence-electron chi connectivity index (χ3n) is 1.51. The predicted molar refractivity (Wildman–Crippen MR) is 55.6 cm³/mol. The molecule has 0 radical (unpaired) electrons. The molecule has 0 atom stereocenters. The molecular formula is C7H10IN3O. The first-order valence-electron chi connectivity index (χ1n) is 3.52. The molecule has 12 heavy (non-hydrogen) atoms.